The van der Waals surface area contributed by atoms with Crippen LogP contribution in [0.5, 0.6) is 0 Å². The molecule has 0 bridgehead atoms. The van der Waals surface area contributed by atoms with E-state index >= 15 is 0 Å². The Morgan fingerprint density at radius 1 is 1.31 bits per heavy atom. The minimum Gasteiger partial charge on any atom is -0.478 e. The third-order valence-corrected chi connectivity index (χ3v) is 1.88. The van der Waals surface area contributed by atoms with Crippen molar-refractivity contribution in [2.24, 2.45) is 0 Å². The maximum absolute atomic E-state index is 10.6. The third-order valence-electron chi connectivity index (χ3n) is 1.29. The van der Waals surface area contributed by atoms with Gasteiger partial charge in [-0.15, -0.1) is 0 Å². The van der Waals surface area contributed by atoms with E-state index in [9.17, 15) is 9.59 Å². The Kier molecular flexibility index (Phi) is 2.81. The molecule has 0 spiro atoms. The van der Waals surface area contributed by atoms with Crippen LogP contribution >= 0.6 is 22.6 Å². The van der Waals surface area contributed by atoms with Gasteiger partial charge in [-0.1, -0.05) is 0 Å². The predicted octanol–water partition coefficient (Wildman–Crippen LogP) is 1.08. The lowest BCUT2D eigenvalue weighted by molar-refractivity contribution is 0.0646. The third kappa shape index (κ3) is 2.14. The zero-order valence-corrected chi connectivity index (χ0v) is 8.35. The quantitative estimate of drug-likeness (QED) is 0.797. The van der Waals surface area contributed by atoms with Crippen molar-refractivity contribution >= 4 is 34.5 Å². The first kappa shape index (κ1) is 9.90. The van der Waals surface area contributed by atoms with E-state index < -0.39 is 17.6 Å². The van der Waals surface area contributed by atoms with Gasteiger partial charge in [-0.25, -0.2) is 14.6 Å². The predicted molar refractivity (Wildman–Crippen MR) is 50.9 cm³/mol. The van der Waals surface area contributed by atoms with Gasteiger partial charge in [-0.2, -0.15) is 0 Å². The van der Waals surface area contributed by atoms with Crippen LogP contribution in [0.4, 0.5) is 0 Å². The molecule has 0 aliphatic carbocycles. The molecular formula is C7H4INO4. The summed E-state index contributed by atoms with van der Waals surface area (Å²) < 4.78 is 0.583. The molecule has 1 aromatic heterocycles. The second-order valence-electron chi connectivity index (χ2n) is 2.16. The second-order valence-corrected chi connectivity index (χ2v) is 3.41. The molecule has 0 aromatic carbocycles. The largest absolute Gasteiger partial charge is 0.478 e. The van der Waals surface area contributed by atoms with Crippen LogP contribution in [-0.4, -0.2) is 27.1 Å². The average molecular weight is 293 g/mol. The van der Waals surface area contributed by atoms with Gasteiger partial charge in [-0.05, 0) is 28.7 Å². The Morgan fingerprint density at radius 3 is 2.38 bits per heavy atom. The summed E-state index contributed by atoms with van der Waals surface area (Å²) in [7, 11) is 0. The molecule has 0 saturated carbocycles. The molecule has 1 rings (SSSR count). The van der Waals surface area contributed by atoms with Crippen molar-refractivity contribution in [3.8, 4) is 0 Å². The first-order chi connectivity index (χ1) is 6.02. The molecular weight excluding hydrogens is 289 g/mol. The van der Waals surface area contributed by atoms with E-state index in [4.69, 9.17) is 10.2 Å². The monoisotopic (exact) mass is 293 g/mol. The number of rotatable bonds is 2. The minimum absolute atomic E-state index is 0.292. The number of nitrogens with zero attached hydrogens (tertiary/aromatic N) is 1. The smallest absolute Gasteiger partial charge is 0.355 e. The van der Waals surface area contributed by atoms with Gasteiger partial charge in [0, 0.05) is 9.77 Å². The van der Waals surface area contributed by atoms with Gasteiger partial charge in [-0.3, -0.25) is 0 Å². The fraction of sp³-hybridized carbons (Fsp3) is 0. The van der Waals surface area contributed by atoms with Crippen molar-refractivity contribution in [2.75, 3.05) is 0 Å². The number of carboxylic acid groups (broad SMARTS) is 2. The Hall–Kier alpha value is -1.18. The number of carboxylic acids is 2. The molecule has 0 unspecified atom stereocenters. The van der Waals surface area contributed by atoms with E-state index in [0.717, 1.165) is 0 Å². The standard InChI is InChI=1S/C7H4INO4/c8-3-1-4(6(10)11)5(7(12)13)9-2-3/h1-2H,(H,10,11)(H,12,13). The van der Waals surface area contributed by atoms with Crippen molar-refractivity contribution in [2.45, 2.75) is 0 Å². The maximum Gasteiger partial charge on any atom is 0.355 e. The van der Waals surface area contributed by atoms with Crippen LogP contribution in [0.1, 0.15) is 20.8 Å². The van der Waals surface area contributed by atoms with E-state index in [-0.39, 0.29) is 5.56 Å². The Morgan fingerprint density at radius 2 is 1.92 bits per heavy atom. The van der Waals surface area contributed by atoms with Crippen LogP contribution < -0.4 is 0 Å². The highest BCUT2D eigenvalue weighted by atomic mass is 127. The lowest BCUT2D eigenvalue weighted by atomic mass is 10.2. The number of carbonyl (C=O) groups is 2. The van der Waals surface area contributed by atoms with Crippen LogP contribution in [0, 0.1) is 3.57 Å². The van der Waals surface area contributed by atoms with Gasteiger partial charge in [0.1, 0.15) is 0 Å². The van der Waals surface area contributed by atoms with Gasteiger partial charge < -0.3 is 10.2 Å². The van der Waals surface area contributed by atoms with E-state index in [1.165, 1.54) is 12.3 Å². The normalized spacial score (nSPS) is 9.62. The van der Waals surface area contributed by atoms with E-state index in [2.05, 4.69) is 4.98 Å². The number of halogens is 1. The molecule has 0 radical (unpaired) electrons. The lowest BCUT2D eigenvalue weighted by Gasteiger charge is -1.99. The Labute approximate surface area is 86.6 Å². The Bertz CT molecular complexity index is 377. The Balaban J connectivity index is 3.35. The number of pyridine rings is 1. The summed E-state index contributed by atoms with van der Waals surface area (Å²) in [6, 6.07) is 1.26. The highest BCUT2D eigenvalue weighted by Gasteiger charge is 2.17. The van der Waals surface area contributed by atoms with Gasteiger partial charge >= 0.3 is 11.9 Å². The first-order valence-electron chi connectivity index (χ1n) is 3.14. The molecule has 0 saturated heterocycles. The van der Waals surface area contributed by atoms with Gasteiger partial charge in [0.25, 0.3) is 0 Å². The minimum atomic E-state index is -1.34. The molecule has 1 heterocycles. The SMILES string of the molecule is O=C(O)c1cc(I)cnc1C(=O)O. The lowest BCUT2D eigenvalue weighted by Crippen LogP contribution is -2.10. The number of hydrogen-bond acceptors (Lipinski definition) is 3. The number of aromatic carboxylic acids is 2. The molecule has 1 aromatic rings. The highest BCUT2D eigenvalue weighted by Crippen LogP contribution is 2.10. The topological polar surface area (TPSA) is 87.5 Å². The van der Waals surface area contributed by atoms with Crippen LogP contribution in [0.15, 0.2) is 12.3 Å². The molecule has 68 valence electrons. The summed E-state index contributed by atoms with van der Waals surface area (Å²) in [6.07, 6.45) is 1.30. The fourth-order valence-electron chi connectivity index (χ4n) is 0.773. The van der Waals surface area contributed by atoms with E-state index in [1.807, 2.05) is 22.6 Å². The first-order valence-corrected chi connectivity index (χ1v) is 4.22. The summed E-state index contributed by atoms with van der Waals surface area (Å²) in [5, 5.41) is 17.2. The van der Waals surface area contributed by atoms with Crippen LogP contribution in [-0.2, 0) is 0 Å². The average Bonchev–Trinajstić information content (AvgIpc) is 2.03. The number of hydrogen-bond donors (Lipinski definition) is 2. The van der Waals surface area contributed by atoms with Crippen LogP contribution in [0.2, 0.25) is 0 Å². The van der Waals surface area contributed by atoms with Crippen molar-refractivity contribution in [3.63, 3.8) is 0 Å². The van der Waals surface area contributed by atoms with Crippen molar-refractivity contribution in [3.05, 3.63) is 27.1 Å². The van der Waals surface area contributed by atoms with E-state index in [1.54, 1.807) is 0 Å². The summed E-state index contributed by atoms with van der Waals surface area (Å²) in [5.41, 5.74) is -0.729. The molecule has 0 fully saturated rings. The van der Waals surface area contributed by atoms with Gasteiger partial charge in [0.15, 0.2) is 5.69 Å². The molecule has 0 aliphatic heterocycles. The molecule has 13 heavy (non-hydrogen) atoms. The van der Waals surface area contributed by atoms with Crippen molar-refractivity contribution < 1.29 is 19.8 Å². The second kappa shape index (κ2) is 3.69. The van der Waals surface area contributed by atoms with Gasteiger partial charge in [0.2, 0.25) is 0 Å². The zero-order chi connectivity index (χ0) is 10.0. The molecule has 0 amide bonds. The number of aromatic nitrogens is 1. The summed E-state index contributed by atoms with van der Waals surface area (Å²) >= 11 is 1.86. The molecule has 5 nitrogen and oxygen atoms in total. The fourth-order valence-corrected chi connectivity index (χ4v) is 1.22. The maximum atomic E-state index is 10.6. The van der Waals surface area contributed by atoms with Crippen LogP contribution in [0.25, 0.3) is 0 Å². The molecule has 0 atom stereocenters. The van der Waals surface area contributed by atoms with Crippen molar-refractivity contribution in [1.82, 2.24) is 4.98 Å². The van der Waals surface area contributed by atoms with E-state index in [0.29, 0.717) is 3.57 Å². The molecule has 6 heteroatoms. The summed E-state index contributed by atoms with van der Waals surface area (Å²) in [4.78, 5) is 24.6. The molecule has 0 aliphatic rings. The van der Waals surface area contributed by atoms with Gasteiger partial charge in [0.05, 0.1) is 5.56 Å². The molecule has 2 N–H and O–H groups in total. The van der Waals surface area contributed by atoms with Crippen LogP contribution in [0.3, 0.4) is 0 Å². The van der Waals surface area contributed by atoms with Crippen molar-refractivity contribution in [1.29, 1.82) is 0 Å². The highest BCUT2D eigenvalue weighted by molar-refractivity contribution is 14.1. The summed E-state index contributed by atoms with van der Waals surface area (Å²) in [5.74, 6) is -2.63. The summed E-state index contributed by atoms with van der Waals surface area (Å²) in [6.45, 7) is 0. The zero-order valence-electron chi connectivity index (χ0n) is 6.19.